The first-order valence-corrected chi connectivity index (χ1v) is 8.70. The fraction of sp³-hybridized carbons (Fsp3) is 0.727. The van der Waals surface area contributed by atoms with Crippen LogP contribution in [0.25, 0.3) is 0 Å². The van der Waals surface area contributed by atoms with Gasteiger partial charge in [0.1, 0.15) is 5.01 Å². The number of thiazole rings is 1. The van der Waals surface area contributed by atoms with Crippen molar-refractivity contribution in [2.45, 2.75) is 25.8 Å². The van der Waals surface area contributed by atoms with E-state index < -0.39 is 10.0 Å². The van der Waals surface area contributed by atoms with Crippen LogP contribution in [0.15, 0.2) is 11.6 Å². The Morgan fingerprint density at radius 3 is 3.11 bits per heavy atom. The van der Waals surface area contributed by atoms with E-state index in [0.29, 0.717) is 0 Å². The smallest absolute Gasteiger partial charge is 0.212 e. The van der Waals surface area contributed by atoms with Gasteiger partial charge in [0.15, 0.2) is 0 Å². The highest BCUT2D eigenvalue weighted by Crippen LogP contribution is 2.17. The number of hydrogen-bond donors (Lipinski definition) is 2. The minimum absolute atomic E-state index is 0.204. The molecule has 1 fully saturated rings. The van der Waals surface area contributed by atoms with Crippen molar-refractivity contribution in [1.29, 1.82) is 0 Å². The standard InChI is InChI=1S/C11H19N3O2S2/c1-9(11-13-5-6-17-11)14-18(15,16)8-10-3-2-4-12-7-10/h5-6,9-10,12,14H,2-4,7-8H2,1H3. The van der Waals surface area contributed by atoms with Crippen LogP contribution in [-0.2, 0) is 10.0 Å². The van der Waals surface area contributed by atoms with Gasteiger partial charge in [0.05, 0.1) is 11.8 Å². The Bertz CT molecular complexity index is 453. The van der Waals surface area contributed by atoms with Gasteiger partial charge in [-0.1, -0.05) is 0 Å². The van der Waals surface area contributed by atoms with E-state index >= 15 is 0 Å². The van der Waals surface area contributed by atoms with Crippen LogP contribution < -0.4 is 10.0 Å². The maximum Gasteiger partial charge on any atom is 0.212 e. The maximum absolute atomic E-state index is 12.0. The monoisotopic (exact) mass is 289 g/mol. The highest BCUT2D eigenvalue weighted by molar-refractivity contribution is 7.89. The third-order valence-electron chi connectivity index (χ3n) is 3.03. The van der Waals surface area contributed by atoms with Gasteiger partial charge in [-0.05, 0) is 38.8 Å². The van der Waals surface area contributed by atoms with E-state index in [9.17, 15) is 8.42 Å². The molecule has 1 aliphatic heterocycles. The number of nitrogens with one attached hydrogen (secondary N) is 2. The first-order valence-electron chi connectivity index (χ1n) is 6.17. The Morgan fingerprint density at radius 2 is 2.50 bits per heavy atom. The normalized spacial score (nSPS) is 22.8. The molecule has 2 heterocycles. The largest absolute Gasteiger partial charge is 0.316 e. The highest BCUT2D eigenvalue weighted by atomic mass is 32.2. The highest BCUT2D eigenvalue weighted by Gasteiger charge is 2.23. The van der Waals surface area contributed by atoms with Crippen LogP contribution in [0.4, 0.5) is 0 Å². The molecule has 0 aliphatic carbocycles. The van der Waals surface area contributed by atoms with E-state index in [1.807, 2.05) is 12.3 Å². The van der Waals surface area contributed by atoms with Crippen LogP contribution >= 0.6 is 11.3 Å². The molecule has 0 aromatic carbocycles. The molecule has 0 amide bonds. The zero-order valence-corrected chi connectivity index (χ0v) is 12.1. The van der Waals surface area contributed by atoms with Crippen molar-refractivity contribution in [1.82, 2.24) is 15.0 Å². The molecule has 1 aromatic heterocycles. The Morgan fingerprint density at radius 1 is 1.67 bits per heavy atom. The summed E-state index contributed by atoms with van der Waals surface area (Å²) in [6.45, 7) is 3.63. The Hall–Kier alpha value is -0.500. The summed E-state index contributed by atoms with van der Waals surface area (Å²) in [5, 5.41) is 5.89. The first kappa shape index (κ1) is 13.9. The molecule has 18 heavy (non-hydrogen) atoms. The fourth-order valence-electron chi connectivity index (χ4n) is 2.19. The molecule has 102 valence electrons. The minimum Gasteiger partial charge on any atom is -0.316 e. The summed E-state index contributed by atoms with van der Waals surface area (Å²) >= 11 is 1.47. The fourth-order valence-corrected chi connectivity index (χ4v) is 4.56. The van der Waals surface area contributed by atoms with E-state index in [1.165, 1.54) is 11.3 Å². The van der Waals surface area contributed by atoms with Crippen LogP contribution in [-0.4, -0.2) is 32.2 Å². The first-order chi connectivity index (χ1) is 8.57. The summed E-state index contributed by atoms with van der Waals surface area (Å²) < 4.78 is 26.8. The molecule has 0 bridgehead atoms. The second kappa shape index (κ2) is 6.10. The summed E-state index contributed by atoms with van der Waals surface area (Å²) in [7, 11) is -3.23. The SMILES string of the molecule is CC(NS(=O)(=O)CC1CCCNC1)c1nccs1. The molecule has 2 atom stereocenters. The van der Waals surface area contributed by atoms with Gasteiger partial charge in [0.25, 0.3) is 0 Å². The van der Waals surface area contributed by atoms with Crippen LogP contribution in [0.3, 0.4) is 0 Å². The van der Waals surface area contributed by atoms with Gasteiger partial charge >= 0.3 is 0 Å². The average Bonchev–Trinajstić information content (AvgIpc) is 2.82. The number of aromatic nitrogens is 1. The summed E-state index contributed by atoms with van der Waals surface area (Å²) in [6, 6.07) is -0.244. The van der Waals surface area contributed by atoms with Gasteiger partial charge in [-0.25, -0.2) is 18.1 Å². The lowest BCUT2D eigenvalue weighted by Gasteiger charge is -2.23. The molecular formula is C11H19N3O2S2. The second-order valence-electron chi connectivity index (χ2n) is 4.70. The Labute approximate surface area is 112 Å². The minimum atomic E-state index is -3.23. The molecule has 0 radical (unpaired) electrons. The molecule has 7 heteroatoms. The predicted octanol–water partition coefficient (Wildman–Crippen LogP) is 1.12. The van der Waals surface area contributed by atoms with Crippen molar-refractivity contribution >= 4 is 21.4 Å². The van der Waals surface area contributed by atoms with E-state index in [0.717, 1.165) is 30.9 Å². The van der Waals surface area contributed by atoms with Gasteiger partial charge in [0, 0.05) is 11.6 Å². The molecule has 2 rings (SSSR count). The molecule has 2 unspecified atom stereocenters. The molecule has 1 saturated heterocycles. The lowest BCUT2D eigenvalue weighted by molar-refractivity contribution is 0.402. The molecule has 0 spiro atoms. The molecule has 5 nitrogen and oxygen atoms in total. The number of hydrogen-bond acceptors (Lipinski definition) is 5. The van der Waals surface area contributed by atoms with Crippen molar-refractivity contribution in [3.8, 4) is 0 Å². The van der Waals surface area contributed by atoms with Crippen molar-refractivity contribution in [3.05, 3.63) is 16.6 Å². The molecule has 0 saturated carbocycles. The van der Waals surface area contributed by atoms with Crippen molar-refractivity contribution < 1.29 is 8.42 Å². The number of sulfonamides is 1. The van der Waals surface area contributed by atoms with Crippen LogP contribution in [0.2, 0.25) is 0 Å². The summed E-state index contributed by atoms with van der Waals surface area (Å²) in [4.78, 5) is 4.13. The molecular weight excluding hydrogens is 270 g/mol. The van der Waals surface area contributed by atoms with Crippen LogP contribution in [0.1, 0.15) is 30.8 Å². The van der Waals surface area contributed by atoms with E-state index in [2.05, 4.69) is 15.0 Å². The molecule has 1 aromatic rings. The van der Waals surface area contributed by atoms with E-state index in [4.69, 9.17) is 0 Å². The number of rotatable bonds is 5. The quantitative estimate of drug-likeness (QED) is 0.852. The molecule has 1 aliphatic rings. The summed E-state index contributed by atoms with van der Waals surface area (Å²) in [5.74, 6) is 0.426. The zero-order valence-electron chi connectivity index (χ0n) is 10.4. The molecule has 2 N–H and O–H groups in total. The average molecular weight is 289 g/mol. The van der Waals surface area contributed by atoms with Gasteiger partial charge in [-0.15, -0.1) is 11.3 Å². The van der Waals surface area contributed by atoms with Gasteiger partial charge in [0.2, 0.25) is 10.0 Å². The van der Waals surface area contributed by atoms with Crippen LogP contribution in [0.5, 0.6) is 0 Å². The predicted molar refractivity (Wildman–Crippen MR) is 73.0 cm³/mol. The maximum atomic E-state index is 12.0. The number of nitrogens with zero attached hydrogens (tertiary/aromatic N) is 1. The lowest BCUT2D eigenvalue weighted by atomic mass is 10.0. The Kier molecular flexibility index (Phi) is 4.71. The van der Waals surface area contributed by atoms with Crippen molar-refractivity contribution in [3.63, 3.8) is 0 Å². The van der Waals surface area contributed by atoms with Crippen molar-refractivity contribution in [2.75, 3.05) is 18.8 Å². The topological polar surface area (TPSA) is 71.1 Å². The third-order valence-corrected chi connectivity index (χ3v) is 5.61. The second-order valence-corrected chi connectivity index (χ2v) is 7.43. The third kappa shape index (κ3) is 4.01. The van der Waals surface area contributed by atoms with Crippen LogP contribution in [0, 0.1) is 5.92 Å². The van der Waals surface area contributed by atoms with E-state index in [-0.39, 0.29) is 17.7 Å². The van der Waals surface area contributed by atoms with Crippen molar-refractivity contribution in [2.24, 2.45) is 5.92 Å². The zero-order chi connectivity index (χ0) is 13.0. The van der Waals surface area contributed by atoms with Gasteiger partial charge in [-0.3, -0.25) is 0 Å². The lowest BCUT2D eigenvalue weighted by Crippen LogP contribution is -2.38. The Balaban J connectivity index is 1.90. The summed E-state index contributed by atoms with van der Waals surface area (Å²) in [6.07, 6.45) is 3.73. The van der Waals surface area contributed by atoms with E-state index in [1.54, 1.807) is 6.20 Å². The summed E-state index contributed by atoms with van der Waals surface area (Å²) in [5.41, 5.74) is 0. The number of piperidine rings is 1. The van der Waals surface area contributed by atoms with Gasteiger partial charge in [-0.2, -0.15) is 0 Å². The van der Waals surface area contributed by atoms with Gasteiger partial charge < -0.3 is 5.32 Å².